The fourth-order valence-electron chi connectivity index (χ4n) is 4.56. The van der Waals surface area contributed by atoms with Crippen molar-refractivity contribution in [3.8, 4) is 0 Å². The van der Waals surface area contributed by atoms with Crippen LogP contribution in [0.25, 0.3) is 11.2 Å². The minimum absolute atomic E-state index is 0.245. The number of nitrogens with one attached hydrogen (secondary N) is 1. The average molecular weight is 452 g/mol. The number of aromatic nitrogens is 5. The molecule has 2 saturated heterocycles. The van der Waals surface area contributed by atoms with Gasteiger partial charge in [0.25, 0.3) is 0 Å². The maximum atomic E-state index is 5.44. The van der Waals surface area contributed by atoms with Crippen molar-refractivity contribution >= 4 is 28.7 Å². The number of hydrogen-bond acceptors (Lipinski definition) is 9. The van der Waals surface area contributed by atoms with Crippen molar-refractivity contribution in [3.63, 3.8) is 0 Å². The van der Waals surface area contributed by atoms with Crippen molar-refractivity contribution in [1.29, 1.82) is 0 Å². The lowest BCUT2D eigenvalue weighted by atomic mass is 10.3. The molecule has 3 aromatic heterocycles. The van der Waals surface area contributed by atoms with Crippen LogP contribution in [0.1, 0.15) is 19.9 Å². The largest absolute Gasteiger partial charge is 0.379 e. The molecule has 10 nitrogen and oxygen atoms in total. The summed E-state index contributed by atoms with van der Waals surface area (Å²) in [5.74, 6) is 2.81. The number of nitrogens with zero attached hydrogens (tertiary/aromatic N) is 8. The topological polar surface area (TPSA) is 87.5 Å². The van der Waals surface area contributed by atoms with Crippen LogP contribution in [0.2, 0.25) is 0 Å². The zero-order chi connectivity index (χ0) is 22.6. The zero-order valence-corrected chi connectivity index (χ0v) is 19.5. The van der Waals surface area contributed by atoms with E-state index >= 15 is 0 Å². The van der Waals surface area contributed by atoms with Crippen molar-refractivity contribution in [1.82, 2.24) is 29.4 Å². The first-order valence-electron chi connectivity index (χ1n) is 11.9. The second-order valence-electron chi connectivity index (χ2n) is 8.81. The maximum Gasteiger partial charge on any atom is 0.208 e. The first kappa shape index (κ1) is 21.8. The van der Waals surface area contributed by atoms with E-state index in [2.05, 4.69) is 59.4 Å². The third kappa shape index (κ3) is 4.72. The highest BCUT2D eigenvalue weighted by atomic mass is 16.5. The normalized spacial score (nSPS) is 17.8. The van der Waals surface area contributed by atoms with Gasteiger partial charge in [-0.1, -0.05) is 6.07 Å². The molecule has 1 N–H and O–H groups in total. The molecule has 0 spiro atoms. The molecule has 0 aromatic carbocycles. The van der Waals surface area contributed by atoms with Gasteiger partial charge in [0.05, 0.1) is 13.2 Å². The van der Waals surface area contributed by atoms with Gasteiger partial charge in [0, 0.05) is 64.6 Å². The van der Waals surface area contributed by atoms with Crippen LogP contribution in [0.3, 0.4) is 0 Å². The number of fused-ring (bicyclic) bond motifs is 1. The Kier molecular flexibility index (Phi) is 6.54. The van der Waals surface area contributed by atoms with E-state index in [-0.39, 0.29) is 6.04 Å². The highest BCUT2D eigenvalue weighted by Gasteiger charge is 2.25. The van der Waals surface area contributed by atoms with Gasteiger partial charge in [0.1, 0.15) is 12.1 Å². The van der Waals surface area contributed by atoms with Gasteiger partial charge in [-0.05, 0) is 26.0 Å². The number of hydrogen-bond donors (Lipinski definition) is 1. The van der Waals surface area contributed by atoms with Crippen LogP contribution in [0.15, 0.2) is 30.7 Å². The Morgan fingerprint density at radius 3 is 2.48 bits per heavy atom. The Labute approximate surface area is 194 Å². The quantitative estimate of drug-likeness (QED) is 0.578. The second kappa shape index (κ2) is 9.88. The molecule has 0 bridgehead atoms. The third-order valence-corrected chi connectivity index (χ3v) is 6.33. The van der Waals surface area contributed by atoms with Crippen LogP contribution in [0, 0.1) is 0 Å². The Hall–Kier alpha value is -2.98. The number of pyridine rings is 1. The second-order valence-corrected chi connectivity index (χ2v) is 8.81. The van der Waals surface area contributed by atoms with Gasteiger partial charge >= 0.3 is 0 Å². The first-order chi connectivity index (χ1) is 16.2. The van der Waals surface area contributed by atoms with Crippen LogP contribution < -0.4 is 15.1 Å². The molecule has 176 valence electrons. The van der Waals surface area contributed by atoms with E-state index in [4.69, 9.17) is 9.72 Å². The van der Waals surface area contributed by atoms with Gasteiger partial charge in [-0.2, -0.15) is 0 Å². The van der Waals surface area contributed by atoms with Gasteiger partial charge < -0.3 is 19.9 Å². The van der Waals surface area contributed by atoms with Gasteiger partial charge in [0.2, 0.25) is 5.95 Å². The lowest BCUT2D eigenvalue weighted by molar-refractivity contribution is 0.0398. The number of piperazine rings is 1. The van der Waals surface area contributed by atoms with Gasteiger partial charge in [0.15, 0.2) is 17.0 Å². The SMILES string of the molecule is CC(C)n1c(N2CCN(c3ccccn3)CC2)nc2c(NCCN3CCOCC3)ncnc21. The molecule has 2 aliphatic rings. The summed E-state index contributed by atoms with van der Waals surface area (Å²) in [5, 5.41) is 3.50. The molecule has 3 aromatic rings. The van der Waals surface area contributed by atoms with E-state index < -0.39 is 0 Å². The number of morpholine rings is 1. The predicted octanol–water partition coefficient (Wildman–Crippen LogP) is 1.87. The summed E-state index contributed by atoms with van der Waals surface area (Å²) in [4.78, 5) is 25.8. The van der Waals surface area contributed by atoms with Crippen molar-refractivity contribution in [2.75, 3.05) is 80.7 Å². The number of anilines is 3. The number of imidazole rings is 1. The van der Waals surface area contributed by atoms with Crippen LogP contribution in [0.5, 0.6) is 0 Å². The van der Waals surface area contributed by atoms with E-state index in [1.165, 1.54) is 0 Å². The first-order valence-corrected chi connectivity index (χ1v) is 11.9. The minimum Gasteiger partial charge on any atom is -0.379 e. The molecular formula is C23H33N9O. The lowest BCUT2D eigenvalue weighted by Crippen LogP contribution is -2.47. The molecule has 0 atom stereocenters. The predicted molar refractivity (Wildman–Crippen MR) is 130 cm³/mol. The molecule has 5 rings (SSSR count). The molecular weight excluding hydrogens is 418 g/mol. The van der Waals surface area contributed by atoms with Crippen LogP contribution in [0.4, 0.5) is 17.6 Å². The molecule has 0 unspecified atom stereocenters. The van der Waals surface area contributed by atoms with Crippen molar-refractivity contribution in [3.05, 3.63) is 30.7 Å². The van der Waals surface area contributed by atoms with Gasteiger partial charge in [-0.15, -0.1) is 0 Å². The Morgan fingerprint density at radius 1 is 0.970 bits per heavy atom. The van der Waals surface area contributed by atoms with E-state index in [0.717, 1.165) is 94.3 Å². The Morgan fingerprint density at radius 2 is 1.76 bits per heavy atom. The maximum absolute atomic E-state index is 5.44. The van der Waals surface area contributed by atoms with E-state index in [9.17, 15) is 0 Å². The summed E-state index contributed by atoms with van der Waals surface area (Å²) in [5.41, 5.74) is 1.73. The highest BCUT2D eigenvalue weighted by molar-refractivity contribution is 5.85. The van der Waals surface area contributed by atoms with E-state index in [1.54, 1.807) is 6.33 Å². The standard InChI is InChI=1S/C23H33N9O/c1-18(2)32-22-20(21(26-17-27-22)25-7-8-29-13-15-33-16-14-29)28-23(32)31-11-9-30(10-12-31)19-5-3-4-6-24-19/h3-6,17-18H,7-16H2,1-2H3,(H,25,26,27). The van der Waals surface area contributed by atoms with Gasteiger partial charge in [-0.3, -0.25) is 9.47 Å². The Bertz CT molecular complexity index is 1040. The van der Waals surface area contributed by atoms with Crippen LogP contribution in [-0.2, 0) is 4.74 Å². The molecule has 5 heterocycles. The summed E-state index contributed by atoms with van der Waals surface area (Å²) in [6.45, 7) is 13.3. The fraction of sp³-hybridized carbons (Fsp3) is 0.565. The zero-order valence-electron chi connectivity index (χ0n) is 19.5. The Balaban J connectivity index is 1.33. The van der Waals surface area contributed by atoms with Crippen molar-refractivity contribution < 1.29 is 4.74 Å². The molecule has 2 aliphatic heterocycles. The van der Waals surface area contributed by atoms with E-state index in [0.29, 0.717) is 0 Å². The summed E-state index contributed by atoms with van der Waals surface area (Å²) >= 11 is 0. The molecule has 0 radical (unpaired) electrons. The summed E-state index contributed by atoms with van der Waals surface area (Å²) in [6, 6.07) is 6.32. The number of ether oxygens (including phenoxy) is 1. The highest BCUT2D eigenvalue weighted by Crippen LogP contribution is 2.29. The molecule has 0 saturated carbocycles. The molecule has 33 heavy (non-hydrogen) atoms. The fourth-order valence-corrected chi connectivity index (χ4v) is 4.56. The average Bonchev–Trinajstić information content (AvgIpc) is 3.26. The lowest BCUT2D eigenvalue weighted by Gasteiger charge is -2.36. The molecule has 0 amide bonds. The monoisotopic (exact) mass is 451 g/mol. The smallest absolute Gasteiger partial charge is 0.208 e. The summed E-state index contributed by atoms with van der Waals surface area (Å²) < 4.78 is 7.68. The van der Waals surface area contributed by atoms with Crippen molar-refractivity contribution in [2.45, 2.75) is 19.9 Å². The van der Waals surface area contributed by atoms with Crippen LogP contribution in [-0.4, -0.2) is 95.0 Å². The summed E-state index contributed by atoms with van der Waals surface area (Å²) in [6.07, 6.45) is 3.49. The van der Waals surface area contributed by atoms with E-state index in [1.807, 2.05) is 18.3 Å². The van der Waals surface area contributed by atoms with Gasteiger partial charge in [-0.25, -0.2) is 19.9 Å². The van der Waals surface area contributed by atoms with Crippen molar-refractivity contribution in [2.24, 2.45) is 0 Å². The molecule has 2 fully saturated rings. The number of rotatable bonds is 7. The summed E-state index contributed by atoms with van der Waals surface area (Å²) in [7, 11) is 0. The molecule has 10 heteroatoms. The third-order valence-electron chi connectivity index (χ3n) is 6.33. The van der Waals surface area contributed by atoms with Crippen LogP contribution >= 0.6 is 0 Å². The minimum atomic E-state index is 0.245. The molecule has 0 aliphatic carbocycles.